The van der Waals surface area contributed by atoms with Gasteiger partial charge in [-0.1, -0.05) is 0 Å². The zero-order chi connectivity index (χ0) is 5.98. The maximum absolute atomic E-state index is 5.18. The van der Waals surface area contributed by atoms with Crippen molar-refractivity contribution < 1.29 is 4.74 Å². The molecule has 1 rings (SSSR count). The van der Waals surface area contributed by atoms with Gasteiger partial charge in [0.1, 0.15) is 0 Å². The van der Waals surface area contributed by atoms with E-state index >= 15 is 0 Å². The molecule has 2 nitrogen and oxygen atoms in total. The van der Waals surface area contributed by atoms with Gasteiger partial charge in [0.25, 0.3) is 0 Å². The second kappa shape index (κ2) is 2.46. The topological polar surface area (TPSA) is 12.5 Å². The Balaban J connectivity index is 2.24. The zero-order valence-corrected chi connectivity index (χ0v) is 5.55. The lowest BCUT2D eigenvalue weighted by Gasteiger charge is -2.15. The SMILES string of the molecule is CN(C)[C@H]1CCOC1. The lowest BCUT2D eigenvalue weighted by Crippen LogP contribution is -2.27. The largest absolute Gasteiger partial charge is 0.380 e. The first-order chi connectivity index (χ1) is 3.80. The summed E-state index contributed by atoms with van der Waals surface area (Å²) in [7, 11) is 4.19. The van der Waals surface area contributed by atoms with Crippen molar-refractivity contribution in [2.24, 2.45) is 0 Å². The Labute approximate surface area is 50.4 Å². The van der Waals surface area contributed by atoms with E-state index in [1.807, 2.05) is 0 Å². The van der Waals surface area contributed by atoms with Crippen molar-refractivity contribution in [3.05, 3.63) is 0 Å². The van der Waals surface area contributed by atoms with Crippen LogP contribution in [0.3, 0.4) is 0 Å². The number of ether oxygens (including phenoxy) is 1. The van der Waals surface area contributed by atoms with Crippen LogP contribution in [0.25, 0.3) is 0 Å². The highest BCUT2D eigenvalue weighted by atomic mass is 16.5. The molecular weight excluding hydrogens is 102 g/mol. The Morgan fingerprint density at radius 3 is 2.50 bits per heavy atom. The number of hydrogen-bond acceptors (Lipinski definition) is 2. The summed E-state index contributed by atoms with van der Waals surface area (Å²) in [5.74, 6) is 0. The fraction of sp³-hybridized carbons (Fsp3) is 1.00. The monoisotopic (exact) mass is 115 g/mol. The summed E-state index contributed by atoms with van der Waals surface area (Å²) >= 11 is 0. The minimum Gasteiger partial charge on any atom is -0.380 e. The summed E-state index contributed by atoms with van der Waals surface area (Å²) in [6.07, 6.45) is 1.20. The molecule has 0 radical (unpaired) electrons. The van der Waals surface area contributed by atoms with Gasteiger partial charge < -0.3 is 9.64 Å². The molecule has 1 atom stereocenters. The van der Waals surface area contributed by atoms with Crippen LogP contribution < -0.4 is 0 Å². The third kappa shape index (κ3) is 1.20. The number of likely N-dealkylation sites (N-methyl/N-ethyl adjacent to an activating group) is 1. The van der Waals surface area contributed by atoms with Crippen molar-refractivity contribution in [1.29, 1.82) is 0 Å². The minimum absolute atomic E-state index is 0.676. The van der Waals surface area contributed by atoms with Crippen LogP contribution >= 0.6 is 0 Å². The quantitative estimate of drug-likeness (QED) is 0.488. The van der Waals surface area contributed by atoms with Gasteiger partial charge in [0.05, 0.1) is 6.61 Å². The molecule has 0 aromatic carbocycles. The average molecular weight is 115 g/mol. The lowest BCUT2D eigenvalue weighted by atomic mass is 10.2. The molecule has 0 unspecified atom stereocenters. The van der Waals surface area contributed by atoms with Gasteiger partial charge >= 0.3 is 0 Å². The number of hydrogen-bond donors (Lipinski definition) is 0. The molecule has 1 fully saturated rings. The van der Waals surface area contributed by atoms with Crippen LogP contribution in [-0.2, 0) is 4.74 Å². The first-order valence-electron chi connectivity index (χ1n) is 3.05. The summed E-state index contributed by atoms with van der Waals surface area (Å²) in [6.45, 7) is 1.87. The third-order valence-electron chi connectivity index (χ3n) is 1.64. The van der Waals surface area contributed by atoms with E-state index < -0.39 is 0 Å². The van der Waals surface area contributed by atoms with Crippen LogP contribution in [0, 0.1) is 0 Å². The third-order valence-corrected chi connectivity index (χ3v) is 1.64. The van der Waals surface area contributed by atoms with E-state index in [2.05, 4.69) is 19.0 Å². The van der Waals surface area contributed by atoms with Gasteiger partial charge in [-0.3, -0.25) is 0 Å². The molecule has 0 amide bonds. The fourth-order valence-corrected chi connectivity index (χ4v) is 0.929. The van der Waals surface area contributed by atoms with Crippen LogP contribution in [0.5, 0.6) is 0 Å². The predicted octanol–water partition coefficient (Wildman–Crippen LogP) is 0.337. The molecule has 0 aliphatic carbocycles. The summed E-state index contributed by atoms with van der Waals surface area (Å²) < 4.78 is 5.18. The molecule has 0 saturated carbocycles. The molecular formula is C6H13NO. The van der Waals surface area contributed by atoms with Crippen molar-refractivity contribution >= 4 is 0 Å². The minimum atomic E-state index is 0.676. The summed E-state index contributed by atoms with van der Waals surface area (Å²) in [5.41, 5.74) is 0. The molecule has 1 heterocycles. The molecule has 0 aromatic heterocycles. The van der Waals surface area contributed by atoms with Crippen LogP contribution in [0.1, 0.15) is 6.42 Å². The van der Waals surface area contributed by atoms with Crippen molar-refractivity contribution in [2.75, 3.05) is 27.3 Å². The van der Waals surface area contributed by atoms with Gasteiger partial charge in [-0.05, 0) is 20.5 Å². The van der Waals surface area contributed by atoms with Crippen molar-refractivity contribution in [1.82, 2.24) is 4.90 Å². The average Bonchev–Trinajstić information content (AvgIpc) is 2.12. The fourth-order valence-electron chi connectivity index (χ4n) is 0.929. The Bertz CT molecular complexity index is 66.9. The lowest BCUT2D eigenvalue weighted by molar-refractivity contribution is 0.170. The van der Waals surface area contributed by atoms with Crippen molar-refractivity contribution in [3.8, 4) is 0 Å². The van der Waals surface area contributed by atoms with Crippen LogP contribution in [0.15, 0.2) is 0 Å². The predicted molar refractivity (Wildman–Crippen MR) is 32.9 cm³/mol. The van der Waals surface area contributed by atoms with Crippen LogP contribution in [0.2, 0.25) is 0 Å². The normalized spacial score (nSPS) is 29.6. The van der Waals surface area contributed by atoms with E-state index in [9.17, 15) is 0 Å². The number of nitrogens with zero attached hydrogens (tertiary/aromatic N) is 1. The van der Waals surface area contributed by atoms with Gasteiger partial charge in [-0.15, -0.1) is 0 Å². The highest BCUT2D eigenvalue weighted by molar-refractivity contribution is 4.69. The molecule has 2 heteroatoms. The van der Waals surface area contributed by atoms with Crippen LogP contribution in [0.4, 0.5) is 0 Å². The second-order valence-corrected chi connectivity index (χ2v) is 2.48. The Kier molecular flexibility index (Phi) is 1.86. The number of rotatable bonds is 1. The van der Waals surface area contributed by atoms with E-state index in [0.717, 1.165) is 13.2 Å². The maximum atomic E-state index is 5.18. The molecule has 1 aliphatic heterocycles. The Morgan fingerprint density at radius 2 is 2.25 bits per heavy atom. The molecule has 0 bridgehead atoms. The van der Waals surface area contributed by atoms with E-state index in [4.69, 9.17) is 4.74 Å². The highest BCUT2D eigenvalue weighted by Gasteiger charge is 2.16. The van der Waals surface area contributed by atoms with Crippen molar-refractivity contribution in [2.45, 2.75) is 12.5 Å². The van der Waals surface area contributed by atoms with Gasteiger partial charge in [-0.2, -0.15) is 0 Å². The van der Waals surface area contributed by atoms with E-state index in [1.54, 1.807) is 0 Å². The highest BCUT2D eigenvalue weighted by Crippen LogP contribution is 2.07. The van der Waals surface area contributed by atoms with E-state index in [1.165, 1.54) is 6.42 Å². The molecule has 1 aliphatic rings. The molecule has 0 spiro atoms. The van der Waals surface area contributed by atoms with Crippen LogP contribution in [-0.4, -0.2) is 38.3 Å². The van der Waals surface area contributed by atoms with Gasteiger partial charge in [0.15, 0.2) is 0 Å². The second-order valence-electron chi connectivity index (χ2n) is 2.48. The standard InChI is InChI=1S/C6H13NO/c1-7(2)6-3-4-8-5-6/h6H,3-5H2,1-2H3/t6-/m0/s1. The van der Waals surface area contributed by atoms with Crippen molar-refractivity contribution in [3.63, 3.8) is 0 Å². The molecule has 8 heavy (non-hydrogen) atoms. The molecule has 0 aromatic rings. The van der Waals surface area contributed by atoms with E-state index in [-0.39, 0.29) is 0 Å². The molecule has 1 saturated heterocycles. The van der Waals surface area contributed by atoms with Gasteiger partial charge in [0.2, 0.25) is 0 Å². The Hall–Kier alpha value is -0.0800. The maximum Gasteiger partial charge on any atom is 0.0622 e. The molecule has 0 N–H and O–H groups in total. The first-order valence-corrected chi connectivity index (χ1v) is 3.05. The first kappa shape index (κ1) is 6.05. The summed E-state index contributed by atoms with van der Waals surface area (Å²) in [4.78, 5) is 2.22. The Morgan fingerprint density at radius 1 is 1.50 bits per heavy atom. The summed E-state index contributed by atoms with van der Waals surface area (Å²) in [5, 5.41) is 0. The van der Waals surface area contributed by atoms with Gasteiger partial charge in [-0.25, -0.2) is 0 Å². The summed E-state index contributed by atoms with van der Waals surface area (Å²) in [6, 6.07) is 0.676. The van der Waals surface area contributed by atoms with Gasteiger partial charge in [0, 0.05) is 12.6 Å². The van der Waals surface area contributed by atoms with E-state index in [0.29, 0.717) is 6.04 Å². The molecule has 48 valence electrons. The zero-order valence-electron chi connectivity index (χ0n) is 5.55. The smallest absolute Gasteiger partial charge is 0.0622 e.